The van der Waals surface area contributed by atoms with Crippen molar-refractivity contribution in [1.82, 2.24) is 19.7 Å². The zero-order valence-electron chi connectivity index (χ0n) is 14.3. The molecular formula is C19H13F2N5O2. The highest BCUT2D eigenvalue weighted by Crippen LogP contribution is 2.21. The molecule has 0 saturated carbocycles. The van der Waals surface area contributed by atoms with Gasteiger partial charge in [0.05, 0.1) is 6.33 Å². The molecule has 2 aromatic heterocycles. The van der Waals surface area contributed by atoms with Crippen LogP contribution in [-0.2, 0) is 11.3 Å². The molecule has 0 aliphatic heterocycles. The molecule has 0 saturated heterocycles. The topological polar surface area (TPSA) is 85.8 Å². The molecule has 9 heteroatoms. The Morgan fingerprint density at radius 2 is 1.89 bits per heavy atom. The van der Waals surface area contributed by atoms with Gasteiger partial charge in [0.25, 0.3) is 5.89 Å². The first-order valence-corrected chi connectivity index (χ1v) is 8.24. The lowest BCUT2D eigenvalue weighted by Crippen LogP contribution is -2.17. The van der Waals surface area contributed by atoms with Crippen LogP contribution in [0.25, 0.3) is 23.0 Å². The second kappa shape index (κ2) is 7.39. The Hall–Kier alpha value is -3.88. The summed E-state index contributed by atoms with van der Waals surface area (Å²) in [6, 6.07) is 11.4. The molecule has 2 aromatic carbocycles. The summed E-state index contributed by atoms with van der Waals surface area (Å²) in [4.78, 5) is 20.4. The molecule has 0 fully saturated rings. The van der Waals surface area contributed by atoms with E-state index in [0.29, 0.717) is 16.9 Å². The monoisotopic (exact) mass is 381 g/mol. The molecule has 0 unspecified atom stereocenters. The lowest BCUT2D eigenvalue weighted by Gasteiger charge is -2.05. The summed E-state index contributed by atoms with van der Waals surface area (Å²) < 4.78 is 33.2. The lowest BCUT2D eigenvalue weighted by atomic mass is 10.2. The van der Waals surface area contributed by atoms with E-state index in [9.17, 15) is 13.6 Å². The van der Waals surface area contributed by atoms with E-state index in [1.165, 1.54) is 41.2 Å². The number of carbonyl (C=O) groups excluding carboxylic acids is 1. The number of aromatic nitrogens is 4. The fourth-order valence-corrected chi connectivity index (χ4v) is 2.56. The number of rotatable bonds is 5. The Morgan fingerprint density at radius 1 is 1.11 bits per heavy atom. The molecule has 0 spiro atoms. The van der Waals surface area contributed by atoms with E-state index in [1.807, 2.05) is 0 Å². The minimum absolute atomic E-state index is 0.0296. The quantitative estimate of drug-likeness (QED) is 0.572. The van der Waals surface area contributed by atoms with Crippen molar-refractivity contribution >= 4 is 11.6 Å². The molecule has 1 N–H and O–H groups in total. The molecule has 0 aliphatic carbocycles. The van der Waals surface area contributed by atoms with Crippen molar-refractivity contribution in [3.63, 3.8) is 0 Å². The van der Waals surface area contributed by atoms with Gasteiger partial charge in [0.2, 0.25) is 11.7 Å². The molecule has 0 bridgehead atoms. The first kappa shape index (κ1) is 17.5. The summed E-state index contributed by atoms with van der Waals surface area (Å²) in [5.74, 6) is -0.820. The number of halogens is 2. The summed E-state index contributed by atoms with van der Waals surface area (Å²) in [6.07, 6.45) is 3.02. The van der Waals surface area contributed by atoms with E-state index in [2.05, 4.69) is 20.4 Å². The fourth-order valence-electron chi connectivity index (χ4n) is 2.56. The maximum Gasteiger partial charge on any atom is 0.258 e. The standard InChI is InChI=1S/C19H13F2N5O2/c20-13-4-1-3-12(7-13)19-24-18(25-28-19)16-9-26(11-22-16)10-17(27)23-15-6-2-5-14(21)8-15/h1-9,11H,10H2,(H,23,27). The largest absolute Gasteiger partial charge is 0.334 e. The molecule has 0 atom stereocenters. The first-order chi connectivity index (χ1) is 13.6. The Morgan fingerprint density at radius 3 is 2.68 bits per heavy atom. The van der Waals surface area contributed by atoms with Gasteiger partial charge in [-0.1, -0.05) is 17.3 Å². The summed E-state index contributed by atoms with van der Waals surface area (Å²) in [5, 5.41) is 6.43. The van der Waals surface area contributed by atoms with Crippen LogP contribution < -0.4 is 5.32 Å². The third-order valence-electron chi connectivity index (χ3n) is 3.79. The Kier molecular flexibility index (Phi) is 4.63. The van der Waals surface area contributed by atoms with Gasteiger partial charge in [-0.25, -0.2) is 13.8 Å². The predicted octanol–water partition coefficient (Wildman–Crippen LogP) is 3.52. The summed E-state index contributed by atoms with van der Waals surface area (Å²) in [6.45, 7) is -0.0296. The number of anilines is 1. The Balaban J connectivity index is 1.45. The SMILES string of the molecule is O=C(Cn1cnc(-c2noc(-c3cccc(F)c3)n2)c1)Nc1cccc(F)c1. The van der Waals surface area contributed by atoms with Crippen molar-refractivity contribution in [2.45, 2.75) is 6.54 Å². The predicted molar refractivity (Wildman–Crippen MR) is 95.9 cm³/mol. The average Bonchev–Trinajstić information content (AvgIpc) is 3.31. The minimum Gasteiger partial charge on any atom is -0.334 e. The average molecular weight is 381 g/mol. The third kappa shape index (κ3) is 3.93. The van der Waals surface area contributed by atoms with E-state index >= 15 is 0 Å². The molecule has 28 heavy (non-hydrogen) atoms. The van der Waals surface area contributed by atoms with Crippen LogP contribution >= 0.6 is 0 Å². The number of hydrogen-bond donors (Lipinski definition) is 1. The molecule has 140 valence electrons. The van der Waals surface area contributed by atoms with Crippen LogP contribution in [0.1, 0.15) is 0 Å². The highest BCUT2D eigenvalue weighted by molar-refractivity contribution is 5.90. The van der Waals surface area contributed by atoms with Crippen LogP contribution in [-0.4, -0.2) is 25.6 Å². The van der Waals surface area contributed by atoms with E-state index in [-0.39, 0.29) is 24.2 Å². The summed E-state index contributed by atoms with van der Waals surface area (Å²) in [7, 11) is 0. The van der Waals surface area contributed by atoms with Crippen LogP contribution in [0.2, 0.25) is 0 Å². The number of imidazole rings is 1. The van der Waals surface area contributed by atoms with Crippen molar-refractivity contribution in [3.8, 4) is 23.0 Å². The molecule has 4 rings (SSSR count). The van der Waals surface area contributed by atoms with Crippen molar-refractivity contribution < 1.29 is 18.1 Å². The number of benzene rings is 2. The second-order valence-corrected chi connectivity index (χ2v) is 5.92. The van der Waals surface area contributed by atoms with Gasteiger partial charge in [0.15, 0.2) is 0 Å². The second-order valence-electron chi connectivity index (χ2n) is 5.92. The minimum atomic E-state index is -0.436. The van der Waals surface area contributed by atoms with E-state index in [0.717, 1.165) is 0 Å². The van der Waals surface area contributed by atoms with Crippen molar-refractivity contribution in [2.24, 2.45) is 0 Å². The first-order valence-electron chi connectivity index (χ1n) is 8.24. The van der Waals surface area contributed by atoms with Crippen LogP contribution in [0.5, 0.6) is 0 Å². The molecule has 1 amide bonds. The molecule has 7 nitrogen and oxygen atoms in total. The Labute approximate surface area is 157 Å². The highest BCUT2D eigenvalue weighted by atomic mass is 19.1. The highest BCUT2D eigenvalue weighted by Gasteiger charge is 2.14. The van der Waals surface area contributed by atoms with Gasteiger partial charge >= 0.3 is 0 Å². The van der Waals surface area contributed by atoms with Gasteiger partial charge in [0.1, 0.15) is 23.9 Å². The summed E-state index contributed by atoms with van der Waals surface area (Å²) in [5.41, 5.74) is 1.21. The van der Waals surface area contributed by atoms with E-state index in [4.69, 9.17) is 4.52 Å². The molecule has 4 aromatic rings. The number of hydrogen-bond acceptors (Lipinski definition) is 5. The van der Waals surface area contributed by atoms with Gasteiger partial charge in [-0.05, 0) is 36.4 Å². The number of nitrogens with one attached hydrogen (secondary N) is 1. The number of carbonyl (C=O) groups is 1. The maximum atomic E-state index is 13.3. The van der Waals surface area contributed by atoms with Crippen LogP contribution in [0.4, 0.5) is 14.5 Å². The fraction of sp³-hybridized carbons (Fsp3) is 0.0526. The van der Waals surface area contributed by atoms with Crippen molar-refractivity contribution in [1.29, 1.82) is 0 Å². The van der Waals surface area contributed by atoms with Gasteiger partial charge < -0.3 is 14.4 Å². The van der Waals surface area contributed by atoms with Crippen LogP contribution in [0.15, 0.2) is 65.6 Å². The number of amides is 1. The smallest absolute Gasteiger partial charge is 0.258 e. The normalized spacial score (nSPS) is 10.8. The van der Waals surface area contributed by atoms with Crippen LogP contribution in [0.3, 0.4) is 0 Å². The number of nitrogens with zero attached hydrogens (tertiary/aromatic N) is 4. The summed E-state index contributed by atoms with van der Waals surface area (Å²) >= 11 is 0. The maximum absolute atomic E-state index is 13.3. The van der Waals surface area contributed by atoms with Crippen molar-refractivity contribution in [2.75, 3.05) is 5.32 Å². The van der Waals surface area contributed by atoms with Gasteiger partial charge in [-0.2, -0.15) is 4.98 Å². The Bertz CT molecular complexity index is 1140. The molecule has 0 aliphatic rings. The van der Waals surface area contributed by atoms with Gasteiger partial charge in [-0.3, -0.25) is 4.79 Å². The van der Waals surface area contributed by atoms with Crippen molar-refractivity contribution in [3.05, 3.63) is 72.7 Å². The van der Waals surface area contributed by atoms with Gasteiger partial charge in [0, 0.05) is 17.4 Å². The van der Waals surface area contributed by atoms with E-state index in [1.54, 1.807) is 24.4 Å². The molecular weight excluding hydrogens is 368 g/mol. The molecule has 2 heterocycles. The van der Waals surface area contributed by atoms with Gasteiger partial charge in [-0.15, -0.1) is 0 Å². The lowest BCUT2D eigenvalue weighted by molar-refractivity contribution is -0.116. The molecule has 0 radical (unpaired) electrons. The zero-order valence-corrected chi connectivity index (χ0v) is 14.3. The zero-order chi connectivity index (χ0) is 19.5. The van der Waals surface area contributed by atoms with E-state index < -0.39 is 11.6 Å². The van der Waals surface area contributed by atoms with Crippen LogP contribution in [0, 0.1) is 11.6 Å². The third-order valence-corrected chi connectivity index (χ3v) is 3.79.